The predicted molar refractivity (Wildman–Crippen MR) is 64.7 cm³/mol. The maximum absolute atomic E-state index is 11.7. The van der Waals surface area contributed by atoms with Crippen molar-refractivity contribution in [3.8, 4) is 0 Å². The number of amides is 1. The van der Waals surface area contributed by atoms with Crippen LogP contribution >= 0.6 is 0 Å². The first-order valence-electron chi connectivity index (χ1n) is 5.58. The highest BCUT2D eigenvalue weighted by molar-refractivity contribution is 5.93. The molecule has 0 aliphatic heterocycles. The van der Waals surface area contributed by atoms with Gasteiger partial charge < -0.3 is 15.0 Å². The number of aromatic carboxylic acids is 1. The van der Waals surface area contributed by atoms with E-state index >= 15 is 0 Å². The van der Waals surface area contributed by atoms with Gasteiger partial charge in [-0.2, -0.15) is 5.10 Å². The minimum atomic E-state index is -1.07. The molecule has 2 heterocycles. The number of hydrogen-bond acceptors (Lipinski definition) is 4. The van der Waals surface area contributed by atoms with Crippen LogP contribution in [0.3, 0.4) is 0 Å². The lowest BCUT2D eigenvalue weighted by Gasteiger charge is -2.03. The molecule has 0 saturated carbocycles. The Morgan fingerprint density at radius 1 is 1.42 bits per heavy atom. The first-order valence-corrected chi connectivity index (χ1v) is 5.58. The van der Waals surface area contributed by atoms with E-state index in [-0.39, 0.29) is 11.6 Å². The SMILES string of the molecule is Cn1cc(C(=O)NCCn2cnc(C(=O)O)c2)cn1. The first-order chi connectivity index (χ1) is 9.06. The molecule has 0 spiro atoms. The third kappa shape index (κ3) is 3.18. The van der Waals surface area contributed by atoms with Gasteiger partial charge in [-0.3, -0.25) is 9.48 Å². The Hall–Kier alpha value is -2.64. The molecule has 100 valence electrons. The van der Waals surface area contributed by atoms with Gasteiger partial charge in [-0.15, -0.1) is 0 Å². The van der Waals surface area contributed by atoms with E-state index in [4.69, 9.17) is 5.11 Å². The van der Waals surface area contributed by atoms with Crippen LogP contribution in [-0.2, 0) is 13.6 Å². The molecule has 0 atom stereocenters. The molecule has 2 aromatic rings. The van der Waals surface area contributed by atoms with E-state index in [9.17, 15) is 9.59 Å². The Morgan fingerprint density at radius 2 is 2.21 bits per heavy atom. The zero-order valence-electron chi connectivity index (χ0n) is 10.3. The van der Waals surface area contributed by atoms with Crippen molar-refractivity contribution in [1.29, 1.82) is 0 Å². The number of imidazole rings is 1. The molecule has 0 unspecified atom stereocenters. The predicted octanol–water partition coefficient (Wildman–Crippen LogP) is -0.255. The summed E-state index contributed by atoms with van der Waals surface area (Å²) in [6.45, 7) is 0.829. The highest BCUT2D eigenvalue weighted by atomic mass is 16.4. The van der Waals surface area contributed by atoms with Crippen LogP contribution in [0.15, 0.2) is 24.9 Å². The highest BCUT2D eigenvalue weighted by Crippen LogP contribution is 1.97. The summed E-state index contributed by atoms with van der Waals surface area (Å²) < 4.78 is 3.15. The summed E-state index contributed by atoms with van der Waals surface area (Å²) in [6, 6.07) is 0. The highest BCUT2D eigenvalue weighted by Gasteiger charge is 2.08. The van der Waals surface area contributed by atoms with Crippen LogP contribution in [0.25, 0.3) is 0 Å². The van der Waals surface area contributed by atoms with Crippen LogP contribution in [0, 0.1) is 0 Å². The zero-order valence-corrected chi connectivity index (χ0v) is 10.3. The molecular formula is C11H13N5O3. The summed E-state index contributed by atoms with van der Waals surface area (Å²) in [5.41, 5.74) is 0.470. The van der Waals surface area contributed by atoms with Crippen molar-refractivity contribution in [2.45, 2.75) is 6.54 Å². The van der Waals surface area contributed by atoms with Gasteiger partial charge in [0.25, 0.3) is 5.91 Å². The van der Waals surface area contributed by atoms with Gasteiger partial charge in [0.1, 0.15) is 0 Å². The Balaban J connectivity index is 1.83. The summed E-state index contributed by atoms with van der Waals surface area (Å²) in [7, 11) is 1.73. The normalized spacial score (nSPS) is 10.4. The number of aromatic nitrogens is 4. The van der Waals surface area contributed by atoms with Gasteiger partial charge in [-0.25, -0.2) is 9.78 Å². The van der Waals surface area contributed by atoms with E-state index in [1.54, 1.807) is 22.5 Å². The van der Waals surface area contributed by atoms with Crippen molar-refractivity contribution in [3.05, 3.63) is 36.2 Å². The molecule has 0 aromatic carbocycles. The van der Waals surface area contributed by atoms with Gasteiger partial charge >= 0.3 is 5.97 Å². The standard InChI is InChI=1S/C11H13N5O3/c1-15-5-8(4-14-15)10(17)12-2-3-16-6-9(11(18)19)13-7-16/h4-7H,2-3H2,1H3,(H,12,17)(H,18,19). The molecule has 19 heavy (non-hydrogen) atoms. The molecule has 1 amide bonds. The van der Waals surface area contributed by atoms with Gasteiger partial charge in [0, 0.05) is 32.5 Å². The largest absolute Gasteiger partial charge is 0.476 e. The van der Waals surface area contributed by atoms with Crippen molar-refractivity contribution in [2.24, 2.45) is 7.05 Å². The topological polar surface area (TPSA) is 102 Å². The van der Waals surface area contributed by atoms with E-state index in [2.05, 4.69) is 15.4 Å². The molecular weight excluding hydrogens is 250 g/mol. The molecule has 0 saturated heterocycles. The number of rotatable bonds is 5. The smallest absolute Gasteiger partial charge is 0.356 e. The van der Waals surface area contributed by atoms with E-state index in [0.29, 0.717) is 18.7 Å². The fraction of sp³-hybridized carbons (Fsp3) is 0.273. The van der Waals surface area contributed by atoms with Crippen molar-refractivity contribution in [3.63, 3.8) is 0 Å². The molecule has 0 bridgehead atoms. The van der Waals surface area contributed by atoms with Crippen LogP contribution in [-0.4, -0.2) is 42.9 Å². The monoisotopic (exact) mass is 263 g/mol. The fourth-order valence-corrected chi connectivity index (χ4v) is 1.53. The number of nitrogens with zero attached hydrogens (tertiary/aromatic N) is 4. The van der Waals surface area contributed by atoms with E-state index in [1.807, 2.05) is 0 Å². The summed E-state index contributed by atoms with van der Waals surface area (Å²) in [5.74, 6) is -1.29. The Bertz CT molecular complexity index is 601. The summed E-state index contributed by atoms with van der Waals surface area (Å²) in [6.07, 6.45) is 5.93. The number of aryl methyl sites for hydroxylation is 1. The summed E-state index contributed by atoms with van der Waals surface area (Å²) >= 11 is 0. The second-order valence-electron chi connectivity index (χ2n) is 3.96. The van der Waals surface area contributed by atoms with Crippen LogP contribution in [0.2, 0.25) is 0 Å². The molecule has 2 aromatic heterocycles. The number of hydrogen-bond donors (Lipinski definition) is 2. The number of carboxylic acid groups (broad SMARTS) is 1. The lowest BCUT2D eigenvalue weighted by atomic mass is 10.3. The van der Waals surface area contributed by atoms with Crippen molar-refractivity contribution in [2.75, 3.05) is 6.54 Å². The maximum atomic E-state index is 11.7. The Kier molecular flexibility index (Phi) is 3.60. The van der Waals surface area contributed by atoms with Gasteiger partial charge in [-0.05, 0) is 0 Å². The molecule has 0 aliphatic rings. The maximum Gasteiger partial charge on any atom is 0.356 e. The van der Waals surface area contributed by atoms with Crippen LogP contribution in [0.4, 0.5) is 0 Å². The molecule has 8 nitrogen and oxygen atoms in total. The van der Waals surface area contributed by atoms with E-state index in [0.717, 1.165) is 0 Å². The van der Waals surface area contributed by atoms with Crippen molar-refractivity contribution < 1.29 is 14.7 Å². The summed E-state index contributed by atoms with van der Waals surface area (Å²) in [5, 5.41) is 15.3. The third-order valence-electron chi connectivity index (χ3n) is 2.47. The number of carboxylic acids is 1. The fourth-order valence-electron chi connectivity index (χ4n) is 1.53. The lowest BCUT2D eigenvalue weighted by Crippen LogP contribution is -2.26. The van der Waals surface area contributed by atoms with Gasteiger partial charge in [0.15, 0.2) is 5.69 Å². The average molecular weight is 263 g/mol. The number of carbonyl (C=O) groups is 2. The Morgan fingerprint density at radius 3 is 2.79 bits per heavy atom. The quantitative estimate of drug-likeness (QED) is 0.774. The summed E-state index contributed by atoms with van der Waals surface area (Å²) in [4.78, 5) is 26.0. The first kappa shape index (κ1) is 12.8. The minimum absolute atomic E-state index is 0.0152. The van der Waals surface area contributed by atoms with Crippen molar-refractivity contribution in [1.82, 2.24) is 24.6 Å². The zero-order chi connectivity index (χ0) is 13.8. The molecule has 0 fully saturated rings. The number of carbonyl (C=O) groups excluding carboxylic acids is 1. The third-order valence-corrected chi connectivity index (χ3v) is 2.47. The Labute approximate surface area is 108 Å². The van der Waals surface area contributed by atoms with Crippen molar-refractivity contribution >= 4 is 11.9 Å². The molecule has 0 radical (unpaired) electrons. The molecule has 8 heteroatoms. The second-order valence-corrected chi connectivity index (χ2v) is 3.96. The average Bonchev–Trinajstić information content (AvgIpc) is 2.98. The molecule has 2 rings (SSSR count). The molecule has 0 aliphatic carbocycles. The van der Waals surface area contributed by atoms with Crippen LogP contribution in [0.5, 0.6) is 0 Å². The van der Waals surface area contributed by atoms with Gasteiger partial charge in [0.05, 0.1) is 18.1 Å². The molecule has 2 N–H and O–H groups in total. The van der Waals surface area contributed by atoms with Crippen LogP contribution in [0.1, 0.15) is 20.8 Å². The van der Waals surface area contributed by atoms with E-state index < -0.39 is 5.97 Å². The lowest BCUT2D eigenvalue weighted by molar-refractivity contribution is 0.0690. The number of nitrogens with one attached hydrogen (secondary N) is 1. The van der Waals surface area contributed by atoms with E-state index in [1.165, 1.54) is 18.7 Å². The minimum Gasteiger partial charge on any atom is -0.476 e. The second kappa shape index (κ2) is 5.34. The van der Waals surface area contributed by atoms with Crippen LogP contribution < -0.4 is 5.32 Å². The van der Waals surface area contributed by atoms with Gasteiger partial charge in [0.2, 0.25) is 0 Å². The van der Waals surface area contributed by atoms with Gasteiger partial charge in [-0.1, -0.05) is 0 Å².